The number of aromatic carboxylic acids is 2. The third-order valence-electron chi connectivity index (χ3n) is 4.22. The molecule has 9 heteroatoms. The fourth-order valence-corrected chi connectivity index (χ4v) is 4.20. The van der Waals surface area contributed by atoms with Crippen molar-refractivity contribution < 1.29 is 28.2 Å². The monoisotopic (exact) mass is 400 g/mol. The molecule has 0 saturated heterocycles. The Hall–Kier alpha value is -3.59. The molecule has 0 aliphatic rings. The molecule has 0 heterocycles. The summed E-state index contributed by atoms with van der Waals surface area (Å²) in [6.45, 7) is 1.67. The Balaban J connectivity index is 2.16. The van der Waals surface area contributed by atoms with Gasteiger partial charge in [0.15, 0.2) is 0 Å². The Morgan fingerprint density at radius 1 is 0.929 bits per heavy atom. The van der Waals surface area contributed by atoms with E-state index in [1.807, 2.05) is 0 Å². The van der Waals surface area contributed by atoms with Gasteiger partial charge in [0.1, 0.15) is 0 Å². The average Bonchev–Trinajstić information content (AvgIpc) is 2.63. The standard InChI is InChI=1S/C19H16N2O6S/c1-10-6-16(14-4-2-3-5-15(14)17(10)20)28(26,27)21-13-8-11(18(22)23)7-12(9-13)19(24)25/h2-9,21H,20H2,1H3,(H,22,23)(H,24,25). The highest BCUT2D eigenvalue weighted by Gasteiger charge is 2.21. The first-order chi connectivity index (χ1) is 13.1. The van der Waals surface area contributed by atoms with E-state index in [0.717, 1.165) is 18.2 Å². The number of hydrogen-bond donors (Lipinski definition) is 4. The third kappa shape index (κ3) is 3.47. The largest absolute Gasteiger partial charge is 0.478 e. The van der Waals surface area contributed by atoms with Crippen molar-refractivity contribution in [3.63, 3.8) is 0 Å². The third-order valence-corrected chi connectivity index (χ3v) is 5.65. The lowest BCUT2D eigenvalue weighted by Gasteiger charge is -2.14. The number of carboxylic acid groups (broad SMARTS) is 2. The van der Waals surface area contributed by atoms with Gasteiger partial charge in [0.25, 0.3) is 10.0 Å². The molecule has 8 nitrogen and oxygen atoms in total. The molecule has 0 aromatic heterocycles. The quantitative estimate of drug-likeness (QED) is 0.481. The van der Waals surface area contributed by atoms with Gasteiger partial charge < -0.3 is 15.9 Å². The van der Waals surface area contributed by atoms with Crippen LogP contribution in [0.3, 0.4) is 0 Å². The molecule has 3 rings (SSSR count). The number of fused-ring (bicyclic) bond motifs is 1. The Morgan fingerprint density at radius 3 is 2.00 bits per heavy atom. The highest BCUT2D eigenvalue weighted by Crippen LogP contribution is 2.32. The molecule has 5 N–H and O–H groups in total. The highest BCUT2D eigenvalue weighted by atomic mass is 32.2. The molecular weight excluding hydrogens is 384 g/mol. The van der Waals surface area contributed by atoms with Crippen molar-refractivity contribution in [2.45, 2.75) is 11.8 Å². The zero-order valence-electron chi connectivity index (χ0n) is 14.6. The second kappa shape index (κ2) is 6.86. The number of nitrogen functional groups attached to an aromatic ring is 1. The van der Waals surface area contributed by atoms with Crippen LogP contribution in [0, 0.1) is 6.92 Å². The van der Waals surface area contributed by atoms with E-state index in [0.29, 0.717) is 22.0 Å². The van der Waals surface area contributed by atoms with Crippen LogP contribution in [0.15, 0.2) is 53.4 Å². The second-order valence-electron chi connectivity index (χ2n) is 6.17. The molecule has 0 saturated carbocycles. The number of hydrogen-bond acceptors (Lipinski definition) is 5. The summed E-state index contributed by atoms with van der Waals surface area (Å²) in [7, 11) is -4.16. The van der Waals surface area contributed by atoms with Crippen molar-refractivity contribution >= 4 is 44.1 Å². The van der Waals surface area contributed by atoms with E-state index in [-0.39, 0.29) is 21.7 Å². The summed E-state index contributed by atoms with van der Waals surface area (Å²) in [5.41, 5.74) is 6.19. The summed E-state index contributed by atoms with van der Waals surface area (Å²) in [5.74, 6) is -2.75. The maximum absolute atomic E-state index is 13.0. The number of benzene rings is 3. The number of nitrogens with one attached hydrogen (secondary N) is 1. The van der Waals surface area contributed by atoms with Crippen LogP contribution in [0.2, 0.25) is 0 Å². The van der Waals surface area contributed by atoms with Gasteiger partial charge in [-0.3, -0.25) is 4.72 Å². The number of aryl methyl sites for hydroxylation is 1. The molecule has 0 spiro atoms. The van der Waals surface area contributed by atoms with Crippen LogP contribution in [0.25, 0.3) is 10.8 Å². The highest BCUT2D eigenvalue weighted by molar-refractivity contribution is 7.93. The summed E-state index contributed by atoms with van der Waals surface area (Å²) in [5, 5.41) is 19.3. The van der Waals surface area contributed by atoms with E-state index in [2.05, 4.69) is 4.72 Å². The van der Waals surface area contributed by atoms with Gasteiger partial charge in [0.2, 0.25) is 0 Å². The molecule has 0 fully saturated rings. The lowest BCUT2D eigenvalue weighted by atomic mass is 10.1. The molecule has 3 aromatic rings. The van der Waals surface area contributed by atoms with Crippen LogP contribution in [-0.4, -0.2) is 30.6 Å². The maximum atomic E-state index is 13.0. The second-order valence-corrected chi connectivity index (χ2v) is 7.82. The van der Waals surface area contributed by atoms with Gasteiger partial charge in [-0.1, -0.05) is 24.3 Å². The van der Waals surface area contributed by atoms with Crippen molar-refractivity contribution in [1.82, 2.24) is 0 Å². The van der Waals surface area contributed by atoms with E-state index in [1.54, 1.807) is 31.2 Å². The number of nitrogens with two attached hydrogens (primary N) is 1. The van der Waals surface area contributed by atoms with Crippen molar-refractivity contribution in [2.24, 2.45) is 0 Å². The Morgan fingerprint density at radius 2 is 1.46 bits per heavy atom. The lowest BCUT2D eigenvalue weighted by Crippen LogP contribution is -2.15. The van der Waals surface area contributed by atoms with Crippen molar-refractivity contribution in [3.8, 4) is 0 Å². The van der Waals surface area contributed by atoms with Crippen LogP contribution in [0.1, 0.15) is 26.3 Å². The van der Waals surface area contributed by atoms with Crippen LogP contribution in [-0.2, 0) is 10.0 Å². The lowest BCUT2D eigenvalue weighted by molar-refractivity contribution is 0.0696. The molecule has 0 aliphatic carbocycles. The van der Waals surface area contributed by atoms with Crippen LogP contribution in [0.5, 0.6) is 0 Å². The maximum Gasteiger partial charge on any atom is 0.335 e. The number of carboxylic acids is 2. The summed E-state index contributed by atoms with van der Waals surface area (Å²) < 4.78 is 28.3. The van der Waals surface area contributed by atoms with Crippen LogP contribution < -0.4 is 10.5 Å². The number of rotatable bonds is 5. The average molecular weight is 400 g/mol. The molecule has 0 bridgehead atoms. The minimum Gasteiger partial charge on any atom is -0.478 e. The van der Waals surface area contributed by atoms with Crippen molar-refractivity contribution in [2.75, 3.05) is 10.5 Å². The predicted molar refractivity (Wildman–Crippen MR) is 104 cm³/mol. The van der Waals surface area contributed by atoms with Gasteiger partial charge in [-0.05, 0) is 36.8 Å². The predicted octanol–water partition coefficient (Wildman–Crippen LogP) is 2.93. The van der Waals surface area contributed by atoms with Crippen LogP contribution in [0.4, 0.5) is 11.4 Å². The molecular formula is C19H16N2O6S. The first kappa shape index (κ1) is 19.2. The van der Waals surface area contributed by atoms with Gasteiger partial charge in [-0.2, -0.15) is 0 Å². The normalized spacial score (nSPS) is 11.3. The first-order valence-corrected chi connectivity index (χ1v) is 9.51. The summed E-state index contributed by atoms with van der Waals surface area (Å²) in [6.07, 6.45) is 0. The topological polar surface area (TPSA) is 147 Å². The Labute approximate surface area is 160 Å². The number of anilines is 2. The van der Waals surface area contributed by atoms with Crippen LogP contribution >= 0.6 is 0 Å². The minimum atomic E-state index is -4.16. The number of sulfonamides is 1. The molecule has 144 valence electrons. The first-order valence-electron chi connectivity index (χ1n) is 8.02. The van der Waals surface area contributed by atoms with Gasteiger partial charge in [0, 0.05) is 16.5 Å². The van der Waals surface area contributed by atoms with E-state index < -0.39 is 22.0 Å². The van der Waals surface area contributed by atoms with Gasteiger partial charge in [-0.25, -0.2) is 18.0 Å². The molecule has 0 unspecified atom stereocenters. The van der Waals surface area contributed by atoms with Gasteiger partial charge >= 0.3 is 11.9 Å². The van der Waals surface area contributed by atoms with Crippen molar-refractivity contribution in [3.05, 3.63) is 65.2 Å². The molecule has 0 atom stereocenters. The Bertz CT molecular complexity index is 1200. The van der Waals surface area contributed by atoms with E-state index >= 15 is 0 Å². The van der Waals surface area contributed by atoms with E-state index in [1.165, 1.54) is 6.07 Å². The smallest absolute Gasteiger partial charge is 0.335 e. The SMILES string of the molecule is Cc1cc(S(=O)(=O)Nc2cc(C(=O)O)cc(C(=O)O)c2)c2ccccc2c1N. The van der Waals surface area contributed by atoms with Gasteiger partial charge in [0.05, 0.1) is 21.7 Å². The summed E-state index contributed by atoms with van der Waals surface area (Å²) in [6, 6.07) is 11.2. The van der Waals surface area contributed by atoms with Crippen molar-refractivity contribution in [1.29, 1.82) is 0 Å². The summed E-state index contributed by atoms with van der Waals surface area (Å²) in [4.78, 5) is 22.4. The zero-order valence-corrected chi connectivity index (χ0v) is 15.4. The molecule has 28 heavy (non-hydrogen) atoms. The molecule has 0 aliphatic heterocycles. The molecule has 0 radical (unpaired) electrons. The fraction of sp³-hybridized carbons (Fsp3) is 0.0526. The Kier molecular flexibility index (Phi) is 4.70. The fourth-order valence-electron chi connectivity index (χ4n) is 2.86. The zero-order chi connectivity index (χ0) is 20.6. The summed E-state index contributed by atoms with van der Waals surface area (Å²) >= 11 is 0. The van der Waals surface area contributed by atoms with E-state index in [9.17, 15) is 18.0 Å². The number of carbonyl (C=O) groups is 2. The van der Waals surface area contributed by atoms with Gasteiger partial charge in [-0.15, -0.1) is 0 Å². The molecule has 3 aromatic carbocycles. The van der Waals surface area contributed by atoms with E-state index in [4.69, 9.17) is 15.9 Å². The molecule has 0 amide bonds. The minimum absolute atomic E-state index is 0.0487.